The average molecular weight is 152 g/mol. The number of aromatic nitrogens is 3. The molecule has 60 valence electrons. The first-order valence-electron chi connectivity index (χ1n) is 4.07. The van der Waals surface area contributed by atoms with Crippen LogP contribution < -0.4 is 5.32 Å². The van der Waals surface area contributed by atoms with Crippen LogP contribution in [0.2, 0.25) is 0 Å². The Bertz CT molecular complexity index is 239. The Hall–Kier alpha value is -1.06. The van der Waals surface area contributed by atoms with Gasteiger partial charge in [0.2, 0.25) is 5.95 Å². The number of fused-ring (bicyclic) bond motifs is 1. The van der Waals surface area contributed by atoms with Crippen LogP contribution in [0.3, 0.4) is 0 Å². The van der Waals surface area contributed by atoms with Gasteiger partial charge in [0, 0.05) is 19.5 Å². The van der Waals surface area contributed by atoms with Gasteiger partial charge in [0.25, 0.3) is 0 Å². The number of nitrogens with zero attached hydrogens (tertiary/aromatic N) is 3. The van der Waals surface area contributed by atoms with Gasteiger partial charge in [0.05, 0.1) is 0 Å². The first-order valence-corrected chi connectivity index (χ1v) is 4.07. The molecule has 11 heavy (non-hydrogen) atoms. The lowest BCUT2D eigenvalue weighted by Gasteiger charge is -2.15. The maximum absolute atomic E-state index is 4.07. The second-order valence-electron chi connectivity index (χ2n) is 2.73. The summed E-state index contributed by atoms with van der Waals surface area (Å²) in [5, 5.41) is 11.3. The SMILES string of the molecule is CCc1nnc2n1CCCN2. The molecule has 4 nitrogen and oxygen atoms in total. The van der Waals surface area contributed by atoms with Crippen LogP contribution in [0.15, 0.2) is 0 Å². The molecule has 1 N–H and O–H groups in total. The van der Waals surface area contributed by atoms with Gasteiger partial charge in [-0.05, 0) is 6.42 Å². The fourth-order valence-electron chi connectivity index (χ4n) is 1.40. The topological polar surface area (TPSA) is 42.7 Å². The summed E-state index contributed by atoms with van der Waals surface area (Å²) in [5.74, 6) is 2.03. The highest BCUT2D eigenvalue weighted by molar-refractivity contribution is 5.27. The van der Waals surface area contributed by atoms with Gasteiger partial charge < -0.3 is 5.32 Å². The normalized spacial score (nSPS) is 15.7. The van der Waals surface area contributed by atoms with Crippen molar-refractivity contribution < 1.29 is 0 Å². The summed E-state index contributed by atoms with van der Waals surface area (Å²) in [6.07, 6.45) is 2.15. The lowest BCUT2D eigenvalue weighted by Crippen LogP contribution is -2.18. The molecule has 0 atom stereocenters. The van der Waals surface area contributed by atoms with Crippen LogP contribution in [0.4, 0.5) is 5.95 Å². The van der Waals surface area contributed by atoms with Gasteiger partial charge in [-0.15, -0.1) is 10.2 Å². The number of hydrogen-bond acceptors (Lipinski definition) is 3. The van der Waals surface area contributed by atoms with Gasteiger partial charge in [-0.3, -0.25) is 4.57 Å². The molecule has 0 fully saturated rings. The van der Waals surface area contributed by atoms with Crippen molar-refractivity contribution >= 4 is 5.95 Å². The van der Waals surface area contributed by atoms with Crippen LogP contribution in [-0.4, -0.2) is 21.3 Å². The second-order valence-corrected chi connectivity index (χ2v) is 2.73. The van der Waals surface area contributed by atoms with Crippen molar-refractivity contribution in [3.05, 3.63) is 5.82 Å². The molecule has 0 bridgehead atoms. The van der Waals surface area contributed by atoms with Crippen molar-refractivity contribution in [1.29, 1.82) is 0 Å². The minimum Gasteiger partial charge on any atom is -0.354 e. The zero-order valence-electron chi connectivity index (χ0n) is 6.67. The van der Waals surface area contributed by atoms with E-state index in [2.05, 4.69) is 27.0 Å². The monoisotopic (exact) mass is 152 g/mol. The number of aryl methyl sites for hydroxylation is 1. The predicted molar refractivity (Wildman–Crippen MR) is 42.5 cm³/mol. The largest absolute Gasteiger partial charge is 0.354 e. The van der Waals surface area contributed by atoms with E-state index in [1.54, 1.807) is 0 Å². The molecule has 0 amide bonds. The molecule has 2 rings (SSSR count). The van der Waals surface area contributed by atoms with Gasteiger partial charge in [-0.1, -0.05) is 6.92 Å². The molecular formula is C7H12N4. The average Bonchev–Trinajstić information content (AvgIpc) is 2.47. The molecule has 0 aromatic carbocycles. The molecule has 0 unspecified atom stereocenters. The summed E-state index contributed by atoms with van der Waals surface area (Å²) < 4.78 is 2.16. The van der Waals surface area contributed by atoms with E-state index in [4.69, 9.17) is 0 Å². The highest BCUT2D eigenvalue weighted by atomic mass is 15.4. The summed E-state index contributed by atoms with van der Waals surface area (Å²) in [7, 11) is 0. The number of anilines is 1. The van der Waals surface area contributed by atoms with Crippen LogP contribution in [0, 0.1) is 0 Å². The van der Waals surface area contributed by atoms with Crippen LogP contribution in [0.25, 0.3) is 0 Å². The van der Waals surface area contributed by atoms with Crippen molar-refractivity contribution in [2.45, 2.75) is 26.3 Å². The minimum atomic E-state index is 0.938. The lowest BCUT2D eigenvalue weighted by atomic mass is 10.3. The highest BCUT2D eigenvalue weighted by Crippen LogP contribution is 2.12. The second kappa shape index (κ2) is 2.53. The van der Waals surface area contributed by atoms with Gasteiger partial charge in [-0.2, -0.15) is 0 Å². The van der Waals surface area contributed by atoms with Crippen molar-refractivity contribution in [1.82, 2.24) is 14.8 Å². The molecule has 1 aromatic heterocycles. The predicted octanol–water partition coefficient (Wildman–Crippen LogP) is 0.656. The van der Waals surface area contributed by atoms with E-state index in [1.807, 2.05) is 0 Å². The summed E-state index contributed by atoms with van der Waals surface area (Å²) in [6, 6.07) is 0. The summed E-state index contributed by atoms with van der Waals surface area (Å²) >= 11 is 0. The Labute approximate surface area is 65.6 Å². The van der Waals surface area contributed by atoms with Gasteiger partial charge in [-0.25, -0.2) is 0 Å². The molecule has 0 aliphatic carbocycles. The Morgan fingerprint density at radius 1 is 1.55 bits per heavy atom. The number of rotatable bonds is 1. The molecule has 1 aromatic rings. The fraction of sp³-hybridized carbons (Fsp3) is 0.714. The van der Waals surface area contributed by atoms with Gasteiger partial charge in [0.1, 0.15) is 5.82 Å². The standard InChI is InChI=1S/C7H12N4/c1-2-6-9-10-7-8-4-3-5-11(6)7/h2-5H2,1H3,(H,8,10). The maximum atomic E-state index is 4.07. The Morgan fingerprint density at radius 2 is 2.45 bits per heavy atom. The van der Waals surface area contributed by atoms with E-state index in [9.17, 15) is 0 Å². The zero-order valence-corrected chi connectivity index (χ0v) is 6.67. The van der Waals surface area contributed by atoms with Crippen molar-refractivity contribution in [3.63, 3.8) is 0 Å². The molecule has 0 spiro atoms. The van der Waals surface area contributed by atoms with Crippen LogP contribution >= 0.6 is 0 Å². The van der Waals surface area contributed by atoms with E-state index in [0.29, 0.717) is 0 Å². The molecule has 0 radical (unpaired) electrons. The van der Waals surface area contributed by atoms with E-state index >= 15 is 0 Å². The van der Waals surface area contributed by atoms with Gasteiger partial charge in [0.15, 0.2) is 0 Å². The van der Waals surface area contributed by atoms with Crippen molar-refractivity contribution in [3.8, 4) is 0 Å². The molecule has 0 saturated heterocycles. The Kier molecular flexibility index (Phi) is 1.52. The van der Waals surface area contributed by atoms with E-state index in [-0.39, 0.29) is 0 Å². The van der Waals surface area contributed by atoms with Crippen molar-refractivity contribution in [2.24, 2.45) is 0 Å². The Morgan fingerprint density at radius 3 is 3.27 bits per heavy atom. The van der Waals surface area contributed by atoms with E-state index < -0.39 is 0 Å². The summed E-state index contributed by atoms with van der Waals surface area (Å²) in [5.41, 5.74) is 0. The summed E-state index contributed by atoms with van der Waals surface area (Å²) in [6.45, 7) is 4.20. The molecule has 2 heterocycles. The smallest absolute Gasteiger partial charge is 0.224 e. The molecule has 1 aliphatic rings. The van der Waals surface area contributed by atoms with Crippen molar-refractivity contribution in [2.75, 3.05) is 11.9 Å². The maximum Gasteiger partial charge on any atom is 0.224 e. The highest BCUT2D eigenvalue weighted by Gasteiger charge is 2.12. The third-order valence-electron chi connectivity index (χ3n) is 1.99. The third kappa shape index (κ3) is 0.982. The molecule has 0 saturated carbocycles. The fourth-order valence-corrected chi connectivity index (χ4v) is 1.40. The van der Waals surface area contributed by atoms with Crippen LogP contribution in [0.5, 0.6) is 0 Å². The molecule has 1 aliphatic heterocycles. The molecule has 4 heteroatoms. The molecular weight excluding hydrogens is 140 g/mol. The zero-order chi connectivity index (χ0) is 7.68. The number of nitrogens with one attached hydrogen (secondary N) is 1. The first-order chi connectivity index (χ1) is 5.42. The van der Waals surface area contributed by atoms with E-state index in [0.717, 1.165) is 31.3 Å². The third-order valence-corrected chi connectivity index (χ3v) is 1.99. The first kappa shape index (κ1) is 6.64. The minimum absolute atomic E-state index is 0.938. The number of hydrogen-bond donors (Lipinski definition) is 1. The Balaban J connectivity index is 2.38. The van der Waals surface area contributed by atoms with Crippen LogP contribution in [0.1, 0.15) is 19.2 Å². The van der Waals surface area contributed by atoms with Crippen LogP contribution in [-0.2, 0) is 13.0 Å². The lowest BCUT2D eigenvalue weighted by molar-refractivity contribution is 0.602. The summed E-state index contributed by atoms with van der Waals surface area (Å²) in [4.78, 5) is 0. The van der Waals surface area contributed by atoms with Gasteiger partial charge >= 0.3 is 0 Å². The van der Waals surface area contributed by atoms with E-state index in [1.165, 1.54) is 6.42 Å². The quantitative estimate of drug-likeness (QED) is 0.642.